The van der Waals surface area contributed by atoms with Crippen molar-refractivity contribution in [3.05, 3.63) is 82.9 Å². The second kappa shape index (κ2) is 9.23. The van der Waals surface area contributed by atoms with Gasteiger partial charge in [-0.25, -0.2) is 15.0 Å². The number of aryl methyl sites for hydroxylation is 3. The molecule has 7 nitrogen and oxygen atoms in total. The minimum atomic E-state index is 0.0358. The molecule has 0 amide bonds. The van der Waals surface area contributed by atoms with Gasteiger partial charge in [-0.3, -0.25) is 4.68 Å². The molecule has 3 aromatic heterocycles. The zero-order valence-electron chi connectivity index (χ0n) is 19.6. The molecule has 0 saturated heterocycles. The fourth-order valence-electron chi connectivity index (χ4n) is 3.94. The molecule has 0 radical (unpaired) electrons. The molecule has 2 aromatic carbocycles. The number of thiazole rings is 1. The molecule has 0 aliphatic heterocycles. The predicted octanol–water partition coefficient (Wildman–Crippen LogP) is 5.86. The Morgan fingerprint density at radius 2 is 1.94 bits per heavy atom. The van der Waals surface area contributed by atoms with E-state index in [2.05, 4.69) is 56.6 Å². The third-order valence-corrected chi connectivity index (χ3v) is 6.46. The summed E-state index contributed by atoms with van der Waals surface area (Å²) in [6.07, 6.45) is 0. The van der Waals surface area contributed by atoms with E-state index < -0.39 is 0 Å². The number of aromatic nitrogens is 5. The summed E-state index contributed by atoms with van der Waals surface area (Å²) < 4.78 is 9.03. The number of nitrogens with one attached hydrogen (secondary N) is 1. The van der Waals surface area contributed by atoms with Gasteiger partial charge in [-0.15, -0.1) is 11.3 Å². The van der Waals surface area contributed by atoms with Gasteiger partial charge in [0, 0.05) is 18.7 Å². The second-order valence-electron chi connectivity index (χ2n) is 8.35. The van der Waals surface area contributed by atoms with E-state index >= 15 is 0 Å². The Labute approximate surface area is 202 Å². The number of hydrogen-bond donors (Lipinski definition) is 1. The van der Waals surface area contributed by atoms with Crippen molar-refractivity contribution in [3.8, 4) is 17.0 Å². The Morgan fingerprint density at radius 1 is 1.06 bits per heavy atom. The molecule has 0 aliphatic rings. The highest BCUT2D eigenvalue weighted by Crippen LogP contribution is 2.28. The molecule has 0 fully saturated rings. The fourth-order valence-corrected chi connectivity index (χ4v) is 4.66. The third-order valence-electron chi connectivity index (χ3n) is 5.67. The summed E-state index contributed by atoms with van der Waals surface area (Å²) in [5, 5.41) is 7.90. The SMILES string of the molecule is Cc1cc(COc2cccc([C@H](C)Nc3cc(-c4ccc5ncsc5c4)nc(C)n3)c2)n(C)n1. The lowest BCUT2D eigenvalue weighted by atomic mass is 10.1. The molecule has 0 bridgehead atoms. The molecule has 34 heavy (non-hydrogen) atoms. The summed E-state index contributed by atoms with van der Waals surface area (Å²) in [6.45, 7) is 6.49. The molecule has 8 heteroatoms. The van der Waals surface area contributed by atoms with E-state index in [1.807, 2.05) is 61.4 Å². The van der Waals surface area contributed by atoms with Crippen LogP contribution in [0.3, 0.4) is 0 Å². The molecule has 0 aliphatic carbocycles. The monoisotopic (exact) mass is 470 g/mol. The zero-order valence-corrected chi connectivity index (χ0v) is 20.4. The molecule has 1 atom stereocenters. The van der Waals surface area contributed by atoms with Gasteiger partial charge in [0.05, 0.1) is 38.9 Å². The number of hydrogen-bond acceptors (Lipinski definition) is 7. The average molecular weight is 471 g/mol. The summed E-state index contributed by atoms with van der Waals surface area (Å²) in [6, 6.07) is 18.4. The summed E-state index contributed by atoms with van der Waals surface area (Å²) in [4.78, 5) is 13.6. The van der Waals surface area contributed by atoms with Gasteiger partial charge in [-0.1, -0.05) is 18.2 Å². The number of nitrogens with zero attached hydrogens (tertiary/aromatic N) is 5. The van der Waals surface area contributed by atoms with E-state index in [9.17, 15) is 0 Å². The van der Waals surface area contributed by atoms with Gasteiger partial charge < -0.3 is 10.1 Å². The third kappa shape index (κ3) is 4.77. The van der Waals surface area contributed by atoms with Crippen LogP contribution in [0.25, 0.3) is 21.5 Å². The molecular weight excluding hydrogens is 444 g/mol. The maximum atomic E-state index is 6.03. The van der Waals surface area contributed by atoms with Crippen LogP contribution in [0, 0.1) is 13.8 Å². The van der Waals surface area contributed by atoms with Crippen LogP contribution in [0.1, 0.15) is 35.7 Å². The first-order chi connectivity index (χ1) is 16.4. The Morgan fingerprint density at radius 3 is 2.76 bits per heavy atom. The van der Waals surface area contributed by atoms with Crippen LogP contribution in [0.15, 0.2) is 60.1 Å². The number of ether oxygens (including phenoxy) is 1. The molecule has 3 heterocycles. The Bertz CT molecular complexity index is 1460. The lowest BCUT2D eigenvalue weighted by Gasteiger charge is -2.17. The van der Waals surface area contributed by atoms with Crippen molar-refractivity contribution < 1.29 is 4.74 Å². The Balaban J connectivity index is 1.32. The highest BCUT2D eigenvalue weighted by Gasteiger charge is 2.12. The molecule has 0 spiro atoms. The number of rotatable bonds is 7. The van der Waals surface area contributed by atoms with Gasteiger partial charge >= 0.3 is 0 Å². The van der Waals surface area contributed by atoms with E-state index in [4.69, 9.17) is 4.74 Å². The van der Waals surface area contributed by atoms with Crippen molar-refractivity contribution in [1.29, 1.82) is 0 Å². The van der Waals surface area contributed by atoms with Crippen LogP contribution in [0.5, 0.6) is 5.75 Å². The molecular formula is C26H26N6OS. The Kier molecular flexibility index (Phi) is 5.98. The first-order valence-corrected chi connectivity index (χ1v) is 12.0. The van der Waals surface area contributed by atoms with Crippen molar-refractivity contribution >= 4 is 27.4 Å². The lowest BCUT2D eigenvalue weighted by molar-refractivity contribution is 0.294. The smallest absolute Gasteiger partial charge is 0.130 e. The lowest BCUT2D eigenvalue weighted by Crippen LogP contribution is -2.09. The molecule has 5 rings (SSSR count). The van der Waals surface area contributed by atoms with Crippen molar-refractivity contribution in [2.45, 2.75) is 33.4 Å². The van der Waals surface area contributed by atoms with Crippen molar-refractivity contribution in [1.82, 2.24) is 24.7 Å². The van der Waals surface area contributed by atoms with Gasteiger partial charge in [0.15, 0.2) is 0 Å². The van der Waals surface area contributed by atoms with Gasteiger partial charge in [0.1, 0.15) is 24.0 Å². The first kappa shape index (κ1) is 22.0. The molecule has 172 valence electrons. The van der Waals surface area contributed by atoms with E-state index in [1.165, 1.54) is 0 Å². The zero-order chi connectivity index (χ0) is 23.7. The van der Waals surface area contributed by atoms with Gasteiger partial charge in [0.25, 0.3) is 0 Å². The van der Waals surface area contributed by atoms with Crippen LogP contribution < -0.4 is 10.1 Å². The largest absolute Gasteiger partial charge is 0.487 e. The highest BCUT2D eigenvalue weighted by molar-refractivity contribution is 7.16. The summed E-state index contributed by atoms with van der Waals surface area (Å²) in [7, 11) is 1.93. The summed E-state index contributed by atoms with van der Waals surface area (Å²) in [5.74, 6) is 2.33. The van der Waals surface area contributed by atoms with Crippen LogP contribution in [0.2, 0.25) is 0 Å². The molecule has 0 unspecified atom stereocenters. The van der Waals surface area contributed by atoms with E-state index in [-0.39, 0.29) is 6.04 Å². The topological polar surface area (TPSA) is 77.8 Å². The normalized spacial score (nSPS) is 12.1. The van der Waals surface area contributed by atoms with Crippen LogP contribution >= 0.6 is 11.3 Å². The predicted molar refractivity (Wildman–Crippen MR) is 136 cm³/mol. The minimum Gasteiger partial charge on any atom is -0.487 e. The average Bonchev–Trinajstić information content (AvgIpc) is 3.42. The Hall–Kier alpha value is -3.78. The van der Waals surface area contributed by atoms with E-state index in [0.717, 1.165) is 55.8 Å². The standard InChI is InChI=1S/C26H26N6OS/c1-16-10-21(32(4)31-16)14-33-22-7-5-6-19(11-22)17(2)28-26-13-24(29-18(3)30-26)20-8-9-23-25(12-20)34-15-27-23/h5-13,15,17H,14H2,1-4H3,(H,28,29,30)/t17-/m0/s1. The quantitative estimate of drug-likeness (QED) is 0.321. The van der Waals surface area contributed by atoms with E-state index in [0.29, 0.717) is 6.61 Å². The second-order valence-corrected chi connectivity index (χ2v) is 9.23. The van der Waals surface area contributed by atoms with E-state index in [1.54, 1.807) is 11.3 Å². The van der Waals surface area contributed by atoms with Crippen LogP contribution in [0.4, 0.5) is 5.82 Å². The number of fused-ring (bicyclic) bond motifs is 1. The highest BCUT2D eigenvalue weighted by atomic mass is 32.1. The van der Waals surface area contributed by atoms with Crippen LogP contribution in [-0.4, -0.2) is 24.7 Å². The minimum absolute atomic E-state index is 0.0358. The van der Waals surface area contributed by atoms with Gasteiger partial charge in [-0.2, -0.15) is 5.10 Å². The number of anilines is 1. The van der Waals surface area contributed by atoms with Gasteiger partial charge in [-0.05, 0) is 56.7 Å². The van der Waals surface area contributed by atoms with Crippen molar-refractivity contribution in [2.24, 2.45) is 7.05 Å². The summed E-state index contributed by atoms with van der Waals surface area (Å²) in [5.41, 5.74) is 7.95. The van der Waals surface area contributed by atoms with Crippen molar-refractivity contribution in [2.75, 3.05) is 5.32 Å². The first-order valence-electron chi connectivity index (χ1n) is 11.1. The fraction of sp³-hybridized carbons (Fsp3) is 0.231. The van der Waals surface area contributed by atoms with Gasteiger partial charge in [0.2, 0.25) is 0 Å². The molecule has 1 N–H and O–H groups in total. The molecule has 0 saturated carbocycles. The number of benzene rings is 2. The maximum Gasteiger partial charge on any atom is 0.130 e. The van der Waals surface area contributed by atoms with Crippen molar-refractivity contribution in [3.63, 3.8) is 0 Å². The molecule has 5 aromatic rings. The van der Waals surface area contributed by atoms with Crippen LogP contribution in [-0.2, 0) is 13.7 Å². The summed E-state index contributed by atoms with van der Waals surface area (Å²) >= 11 is 1.63. The maximum absolute atomic E-state index is 6.03.